The zero-order valence-electron chi connectivity index (χ0n) is 9.82. The van der Waals surface area contributed by atoms with Gasteiger partial charge in [-0.15, -0.1) is 0 Å². The van der Waals surface area contributed by atoms with Gasteiger partial charge in [-0.05, 0) is 13.0 Å². The van der Waals surface area contributed by atoms with E-state index in [4.69, 9.17) is 4.74 Å². The van der Waals surface area contributed by atoms with Crippen molar-refractivity contribution in [2.45, 2.75) is 26.3 Å². The molecule has 1 aromatic heterocycles. The standard InChI is InChI=1S/C11H19N3O/c1-5-8(2)9(12-3)10-11(15-4)14-7-6-13-10/h6-9,12H,5H2,1-4H3. The van der Waals surface area contributed by atoms with E-state index in [1.807, 2.05) is 7.05 Å². The van der Waals surface area contributed by atoms with Crippen LogP contribution >= 0.6 is 0 Å². The molecule has 2 unspecified atom stereocenters. The van der Waals surface area contributed by atoms with Crippen molar-refractivity contribution < 1.29 is 4.74 Å². The third kappa shape index (κ3) is 2.65. The summed E-state index contributed by atoms with van der Waals surface area (Å²) in [5, 5.41) is 3.26. The second-order valence-electron chi connectivity index (χ2n) is 3.60. The topological polar surface area (TPSA) is 47.0 Å². The van der Waals surface area contributed by atoms with Crippen molar-refractivity contribution in [3.8, 4) is 5.88 Å². The number of hydrogen-bond acceptors (Lipinski definition) is 4. The lowest BCUT2D eigenvalue weighted by Crippen LogP contribution is -2.25. The summed E-state index contributed by atoms with van der Waals surface area (Å²) >= 11 is 0. The molecule has 0 saturated carbocycles. The van der Waals surface area contributed by atoms with Gasteiger partial charge < -0.3 is 10.1 Å². The van der Waals surface area contributed by atoms with Crippen LogP contribution in [0.15, 0.2) is 12.4 Å². The molecule has 1 heterocycles. The molecule has 0 spiro atoms. The number of nitrogens with one attached hydrogen (secondary N) is 1. The molecule has 1 aromatic rings. The highest BCUT2D eigenvalue weighted by molar-refractivity contribution is 5.21. The van der Waals surface area contributed by atoms with Gasteiger partial charge in [0.2, 0.25) is 5.88 Å². The molecule has 0 aromatic carbocycles. The van der Waals surface area contributed by atoms with E-state index in [1.165, 1.54) is 0 Å². The van der Waals surface area contributed by atoms with Crippen molar-refractivity contribution in [1.29, 1.82) is 0 Å². The Kier molecular flexibility index (Phi) is 4.49. The van der Waals surface area contributed by atoms with Gasteiger partial charge >= 0.3 is 0 Å². The lowest BCUT2D eigenvalue weighted by Gasteiger charge is -2.22. The van der Waals surface area contributed by atoms with Gasteiger partial charge in [-0.3, -0.25) is 4.98 Å². The maximum absolute atomic E-state index is 5.21. The van der Waals surface area contributed by atoms with Gasteiger partial charge in [-0.2, -0.15) is 0 Å². The average molecular weight is 209 g/mol. The van der Waals surface area contributed by atoms with Crippen LogP contribution in [0.4, 0.5) is 0 Å². The van der Waals surface area contributed by atoms with E-state index in [0.29, 0.717) is 11.8 Å². The quantitative estimate of drug-likeness (QED) is 0.803. The fourth-order valence-electron chi connectivity index (χ4n) is 1.63. The SMILES string of the molecule is CCC(C)C(NC)c1nccnc1OC. The molecule has 2 atom stereocenters. The molecule has 0 radical (unpaired) electrons. The first kappa shape index (κ1) is 11.9. The third-order valence-corrected chi connectivity index (χ3v) is 2.70. The Bertz CT molecular complexity index is 304. The summed E-state index contributed by atoms with van der Waals surface area (Å²) in [5.41, 5.74) is 0.886. The van der Waals surface area contributed by atoms with Crippen molar-refractivity contribution in [2.75, 3.05) is 14.2 Å². The van der Waals surface area contributed by atoms with Crippen LogP contribution in [-0.4, -0.2) is 24.1 Å². The molecule has 0 amide bonds. The lowest BCUT2D eigenvalue weighted by molar-refractivity contribution is 0.347. The highest BCUT2D eigenvalue weighted by atomic mass is 16.5. The lowest BCUT2D eigenvalue weighted by atomic mass is 9.96. The van der Waals surface area contributed by atoms with Crippen molar-refractivity contribution in [3.63, 3.8) is 0 Å². The molecule has 4 nitrogen and oxygen atoms in total. The molecule has 0 bridgehead atoms. The molecule has 0 aliphatic carbocycles. The minimum atomic E-state index is 0.193. The number of aromatic nitrogens is 2. The molecule has 0 saturated heterocycles. The summed E-state index contributed by atoms with van der Waals surface area (Å²) in [6.45, 7) is 4.35. The molecular weight excluding hydrogens is 190 g/mol. The largest absolute Gasteiger partial charge is 0.480 e. The van der Waals surface area contributed by atoms with Crippen LogP contribution in [0.25, 0.3) is 0 Å². The van der Waals surface area contributed by atoms with E-state index >= 15 is 0 Å². The van der Waals surface area contributed by atoms with Crippen molar-refractivity contribution in [1.82, 2.24) is 15.3 Å². The van der Waals surface area contributed by atoms with E-state index in [2.05, 4.69) is 29.1 Å². The number of hydrogen-bond donors (Lipinski definition) is 1. The molecule has 84 valence electrons. The maximum Gasteiger partial charge on any atom is 0.237 e. The van der Waals surface area contributed by atoms with E-state index in [1.54, 1.807) is 19.5 Å². The molecule has 1 N–H and O–H groups in total. The van der Waals surface area contributed by atoms with Crippen LogP contribution in [0.5, 0.6) is 5.88 Å². The van der Waals surface area contributed by atoms with Crippen molar-refractivity contribution in [2.24, 2.45) is 5.92 Å². The minimum Gasteiger partial charge on any atom is -0.480 e. The minimum absolute atomic E-state index is 0.193. The first-order valence-corrected chi connectivity index (χ1v) is 5.26. The molecule has 0 fully saturated rings. The molecule has 15 heavy (non-hydrogen) atoms. The first-order chi connectivity index (χ1) is 7.24. The Morgan fingerprint density at radius 1 is 1.40 bits per heavy atom. The summed E-state index contributed by atoms with van der Waals surface area (Å²) in [5.74, 6) is 1.11. The van der Waals surface area contributed by atoms with Gasteiger partial charge in [-0.1, -0.05) is 20.3 Å². The van der Waals surface area contributed by atoms with Crippen LogP contribution < -0.4 is 10.1 Å². The highest BCUT2D eigenvalue weighted by Crippen LogP contribution is 2.27. The number of methoxy groups -OCH3 is 1. The van der Waals surface area contributed by atoms with Crippen LogP contribution in [-0.2, 0) is 0 Å². The third-order valence-electron chi connectivity index (χ3n) is 2.70. The molecule has 1 rings (SSSR count). The van der Waals surface area contributed by atoms with Gasteiger partial charge in [-0.25, -0.2) is 4.98 Å². The second-order valence-corrected chi connectivity index (χ2v) is 3.60. The zero-order valence-corrected chi connectivity index (χ0v) is 9.82. The number of rotatable bonds is 5. The Hall–Kier alpha value is -1.16. The van der Waals surface area contributed by atoms with Crippen LogP contribution in [0.3, 0.4) is 0 Å². The normalized spacial score (nSPS) is 14.7. The van der Waals surface area contributed by atoms with Crippen LogP contribution in [0.1, 0.15) is 32.0 Å². The van der Waals surface area contributed by atoms with Crippen LogP contribution in [0.2, 0.25) is 0 Å². The van der Waals surface area contributed by atoms with Crippen molar-refractivity contribution >= 4 is 0 Å². The summed E-state index contributed by atoms with van der Waals surface area (Å²) < 4.78 is 5.21. The molecular formula is C11H19N3O. The Labute approximate surface area is 91.1 Å². The van der Waals surface area contributed by atoms with Gasteiger partial charge in [0, 0.05) is 12.4 Å². The Morgan fingerprint density at radius 3 is 2.60 bits per heavy atom. The molecule has 4 heteroatoms. The maximum atomic E-state index is 5.21. The van der Waals surface area contributed by atoms with Crippen LogP contribution in [0, 0.1) is 5.92 Å². The fourth-order valence-corrected chi connectivity index (χ4v) is 1.63. The van der Waals surface area contributed by atoms with Gasteiger partial charge in [0.25, 0.3) is 0 Å². The summed E-state index contributed by atoms with van der Waals surface area (Å²) in [4.78, 5) is 8.50. The Balaban J connectivity index is 3.00. The summed E-state index contributed by atoms with van der Waals surface area (Å²) in [7, 11) is 3.56. The summed E-state index contributed by atoms with van der Waals surface area (Å²) in [6, 6.07) is 0.193. The average Bonchev–Trinajstić information content (AvgIpc) is 2.30. The van der Waals surface area contributed by atoms with Gasteiger partial charge in [0.1, 0.15) is 5.69 Å². The van der Waals surface area contributed by atoms with Crippen molar-refractivity contribution in [3.05, 3.63) is 18.1 Å². The van der Waals surface area contributed by atoms with E-state index in [9.17, 15) is 0 Å². The van der Waals surface area contributed by atoms with E-state index in [-0.39, 0.29) is 6.04 Å². The first-order valence-electron chi connectivity index (χ1n) is 5.26. The Morgan fingerprint density at radius 2 is 2.07 bits per heavy atom. The monoisotopic (exact) mass is 209 g/mol. The van der Waals surface area contributed by atoms with E-state index < -0.39 is 0 Å². The number of nitrogens with zero attached hydrogens (tertiary/aromatic N) is 2. The highest BCUT2D eigenvalue weighted by Gasteiger charge is 2.21. The number of ether oxygens (including phenoxy) is 1. The zero-order chi connectivity index (χ0) is 11.3. The van der Waals surface area contributed by atoms with Gasteiger partial charge in [0.05, 0.1) is 13.2 Å². The van der Waals surface area contributed by atoms with E-state index in [0.717, 1.165) is 12.1 Å². The predicted molar refractivity (Wildman–Crippen MR) is 59.8 cm³/mol. The summed E-state index contributed by atoms with van der Waals surface area (Å²) in [6.07, 6.45) is 4.43. The molecule has 0 aliphatic rings. The second kappa shape index (κ2) is 5.66. The predicted octanol–water partition coefficient (Wildman–Crippen LogP) is 1.79. The molecule has 0 aliphatic heterocycles. The smallest absolute Gasteiger partial charge is 0.237 e. The van der Waals surface area contributed by atoms with Gasteiger partial charge in [0.15, 0.2) is 0 Å². The fraction of sp³-hybridized carbons (Fsp3) is 0.636.